The van der Waals surface area contributed by atoms with E-state index in [0.717, 1.165) is 21.3 Å². The Morgan fingerprint density at radius 3 is 2.71 bits per heavy atom. The van der Waals surface area contributed by atoms with Crippen LogP contribution in [0.5, 0.6) is 0 Å². The van der Waals surface area contributed by atoms with E-state index in [2.05, 4.69) is 43.7 Å². The van der Waals surface area contributed by atoms with Crippen molar-refractivity contribution in [2.45, 2.75) is 0 Å². The van der Waals surface area contributed by atoms with Crippen molar-refractivity contribution >= 4 is 55.0 Å². The molecule has 0 atom stereocenters. The third-order valence-electron chi connectivity index (χ3n) is 5.28. The molecule has 0 bridgehead atoms. The summed E-state index contributed by atoms with van der Waals surface area (Å²) < 4.78 is 1.19. The Bertz CT molecular complexity index is 1640. The Balaban J connectivity index is 1.42. The molecule has 8 heteroatoms. The van der Waals surface area contributed by atoms with Gasteiger partial charge in [0.05, 0.1) is 22.7 Å². The van der Waals surface area contributed by atoms with Gasteiger partial charge in [-0.15, -0.1) is 11.3 Å². The minimum absolute atomic E-state index is 0.234. The van der Waals surface area contributed by atoms with Gasteiger partial charge in [-0.3, -0.25) is 9.89 Å². The fraction of sp³-hybridized carbons (Fsp3) is 0. The molecule has 3 aromatic heterocycles. The van der Waals surface area contributed by atoms with E-state index >= 15 is 0 Å². The van der Waals surface area contributed by atoms with Gasteiger partial charge >= 0.3 is 5.69 Å². The van der Waals surface area contributed by atoms with Crippen LogP contribution in [0.15, 0.2) is 71.7 Å². The summed E-state index contributed by atoms with van der Waals surface area (Å²) in [6.45, 7) is 0. The third kappa shape index (κ3) is 3.01. The minimum atomic E-state index is -0.281. The normalized spacial score (nSPS) is 11.5. The minimum Gasteiger partial charge on any atom is -0.322 e. The van der Waals surface area contributed by atoms with Gasteiger partial charge in [-0.25, -0.2) is 4.79 Å². The molecule has 0 radical (unpaired) electrons. The number of nitrogens with zero attached hydrogens (tertiary/aromatic N) is 1. The van der Waals surface area contributed by atoms with Gasteiger partial charge in [0.2, 0.25) is 0 Å². The average molecular weight is 425 g/mol. The van der Waals surface area contributed by atoms with Crippen molar-refractivity contribution in [1.29, 1.82) is 0 Å². The van der Waals surface area contributed by atoms with Gasteiger partial charge in [0, 0.05) is 31.8 Å². The maximum Gasteiger partial charge on any atom is 0.323 e. The van der Waals surface area contributed by atoms with E-state index in [4.69, 9.17) is 0 Å². The number of hydrogen-bond acceptors (Lipinski definition) is 4. The number of hydrogen-bond donors (Lipinski definition) is 4. The number of amides is 1. The molecule has 3 aromatic carbocycles. The Morgan fingerprint density at radius 1 is 0.935 bits per heavy atom. The van der Waals surface area contributed by atoms with Crippen molar-refractivity contribution < 1.29 is 4.79 Å². The predicted octanol–water partition coefficient (Wildman–Crippen LogP) is 4.87. The van der Waals surface area contributed by atoms with E-state index in [1.54, 1.807) is 35.7 Å². The number of carbonyl (C=O) groups excluding carboxylic acids is 1. The first-order valence-electron chi connectivity index (χ1n) is 9.63. The van der Waals surface area contributed by atoms with Crippen LogP contribution in [0, 0.1) is 0 Å². The second-order valence-corrected chi connectivity index (χ2v) is 8.38. The van der Waals surface area contributed by atoms with E-state index in [0.29, 0.717) is 22.3 Å². The van der Waals surface area contributed by atoms with Crippen LogP contribution >= 0.6 is 11.3 Å². The molecule has 0 fully saturated rings. The number of aromatic nitrogens is 4. The first-order valence-corrected chi connectivity index (χ1v) is 10.5. The second kappa shape index (κ2) is 6.68. The molecule has 6 rings (SSSR count). The van der Waals surface area contributed by atoms with Gasteiger partial charge in [-0.1, -0.05) is 18.2 Å². The zero-order chi connectivity index (χ0) is 20.9. The SMILES string of the molecule is O=C(Nc1ccc2[nH]c(=O)[nH]c2c1)c1cc(-c2cc3ccccc3s2)c2[nH]ncc2c1. The van der Waals surface area contributed by atoms with Gasteiger partial charge in [0.1, 0.15) is 0 Å². The number of benzene rings is 3. The largest absolute Gasteiger partial charge is 0.323 e. The molecule has 0 aliphatic carbocycles. The molecule has 4 N–H and O–H groups in total. The Kier molecular flexibility index (Phi) is 3.81. The van der Waals surface area contributed by atoms with Crippen molar-refractivity contribution in [2.24, 2.45) is 0 Å². The second-order valence-electron chi connectivity index (χ2n) is 7.30. The van der Waals surface area contributed by atoms with Crippen LogP contribution in [0.1, 0.15) is 10.4 Å². The average Bonchev–Trinajstić information content (AvgIpc) is 3.49. The number of thiophene rings is 1. The summed E-state index contributed by atoms with van der Waals surface area (Å²) in [6, 6.07) is 19.3. The first-order chi connectivity index (χ1) is 15.1. The third-order valence-corrected chi connectivity index (χ3v) is 6.43. The highest BCUT2D eigenvalue weighted by Crippen LogP contribution is 2.37. The lowest BCUT2D eigenvalue weighted by molar-refractivity contribution is 0.102. The molecular weight excluding hydrogens is 410 g/mol. The number of H-pyrrole nitrogens is 3. The standard InChI is InChI=1S/C23H15N5O2S/c29-22(25-15-5-6-17-18(10-15)27-23(30)26-17)13-7-14-11-24-28-21(14)16(8-13)20-9-12-3-1-2-4-19(12)31-20/h1-11H,(H,24,28)(H,25,29)(H2,26,27,30). The Hall–Kier alpha value is -4.17. The lowest BCUT2D eigenvalue weighted by Gasteiger charge is -2.08. The Morgan fingerprint density at radius 2 is 1.81 bits per heavy atom. The number of imidazole rings is 1. The number of anilines is 1. The van der Waals surface area contributed by atoms with Crippen LogP contribution in [0.3, 0.4) is 0 Å². The van der Waals surface area contributed by atoms with E-state index in [-0.39, 0.29) is 11.6 Å². The smallest absolute Gasteiger partial charge is 0.322 e. The van der Waals surface area contributed by atoms with E-state index in [9.17, 15) is 9.59 Å². The van der Waals surface area contributed by atoms with Crippen molar-refractivity contribution in [3.63, 3.8) is 0 Å². The fourth-order valence-electron chi connectivity index (χ4n) is 3.81. The molecule has 0 spiro atoms. The van der Waals surface area contributed by atoms with E-state index in [1.807, 2.05) is 24.3 Å². The lowest BCUT2D eigenvalue weighted by Crippen LogP contribution is -2.12. The highest BCUT2D eigenvalue weighted by atomic mass is 32.1. The molecule has 0 aliphatic heterocycles. The molecule has 0 saturated heterocycles. The topological polar surface area (TPSA) is 106 Å². The maximum atomic E-state index is 13.1. The molecular formula is C23H15N5O2S. The molecule has 1 amide bonds. The monoisotopic (exact) mass is 425 g/mol. The molecule has 6 aromatic rings. The molecule has 3 heterocycles. The zero-order valence-electron chi connectivity index (χ0n) is 16.0. The van der Waals surface area contributed by atoms with Gasteiger partial charge < -0.3 is 15.3 Å². The molecule has 0 saturated carbocycles. The maximum absolute atomic E-state index is 13.1. The van der Waals surface area contributed by atoms with Crippen molar-refractivity contribution in [1.82, 2.24) is 20.2 Å². The number of nitrogens with one attached hydrogen (secondary N) is 4. The number of aromatic amines is 3. The highest BCUT2D eigenvalue weighted by molar-refractivity contribution is 7.22. The van der Waals surface area contributed by atoms with Gasteiger partial charge in [0.25, 0.3) is 5.91 Å². The molecule has 0 aliphatic rings. The number of fused-ring (bicyclic) bond motifs is 3. The van der Waals surface area contributed by atoms with Crippen LogP contribution in [0.2, 0.25) is 0 Å². The van der Waals surface area contributed by atoms with Crippen molar-refractivity contribution in [3.8, 4) is 10.4 Å². The lowest BCUT2D eigenvalue weighted by atomic mass is 10.0. The Labute approximate surface area is 178 Å². The molecule has 31 heavy (non-hydrogen) atoms. The number of rotatable bonds is 3. The van der Waals surface area contributed by atoms with Crippen LogP contribution in [-0.4, -0.2) is 26.1 Å². The van der Waals surface area contributed by atoms with Crippen LogP contribution in [-0.2, 0) is 0 Å². The summed E-state index contributed by atoms with van der Waals surface area (Å²) >= 11 is 1.68. The zero-order valence-corrected chi connectivity index (χ0v) is 16.8. The highest BCUT2D eigenvalue weighted by Gasteiger charge is 2.15. The first kappa shape index (κ1) is 17.7. The van der Waals surface area contributed by atoms with Crippen LogP contribution < -0.4 is 11.0 Å². The van der Waals surface area contributed by atoms with Gasteiger partial charge in [-0.2, -0.15) is 5.10 Å². The predicted molar refractivity (Wildman–Crippen MR) is 124 cm³/mol. The summed E-state index contributed by atoms with van der Waals surface area (Å²) in [5, 5.41) is 12.2. The quantitative estimate of drug-likeness (QED) is 0.325. The van der Waals surface area contributed by atoms with Gasteiger partial charge in [0.15, 0.2) is 0 Å². The summed E-state index contributed by atoms with van der Waals surface area (Å²) in [4.78, 5) is 31.0. The molecule has 150 valence electrons. The summed E-state index contributed by atoms with van der Waals surface area (Å²) in [6.07, 6.45) is 1.72. The van der Waals surface area contributed by atoms with Crippen molar-refractivity contribution in [2.75, 3.05) is 5.32 Å². The summed E-state index contributed by atoms with van der Waals surface area (Å²) in [7, 11) is 0. The number of carbonyl (C=O) groups is 1. The summed E-state index contributed by atoms with van der Waals surface area (Å²) in [5.41, 5.74) is 4.01. The van der Waals surface area contributed by atoms with Gasteiger partial charge in [-0.05, 0) is 47.9 Å². The molecule has 7 nitrogen and oxygen atoms in total. The summed E-state index contributed by atoms with van der Waals surface area (Å²) in [5.74, 6) is -0.234. The van der Waals surface area contributed by atoms with E-state index in [1.165, 1.54) is 10.1 Å². The van der Waals surface area contributed by atoms with Crippen molar-refractivity contribution in [3.05, 3.63) is 82.9 Å². The van der Waals surface area contributed by atoms with Crippen LogP contribution in [0.4, 0.5) is 5.69 Å². The van der Waals surface area contributed by atoms with Crippen LogP contribution in [0.25, 0.3) is 42.5 Å². The fourth-order valence-corrected chi connectivity index (χ4v) is 4.90. The molecule has 0 unspecified atom stereocenters. The van der Waals surface area contributed by atoms with E-state index < -0.39 is 0 Å².